The van der Waals surface area contributed by atoms with E-state index in [1.807, 2.05) is 0 Å². The number of fused-ring (bicyclic) bond motifs is 2. The molecule has 15 heavy (non-hydrogen) atoms. The van der Waals surface area contributed by atoms with Crippen LogP contribution in [0.4, 0.5) is 0 Å². The van der Waals surface area contributed by atoms with Gasteiger partial charge in [-0.2, -0.15) is 0 Å². The van der Waals surface area contributed by atoms with Crippen LogP contribution in [-0.2, 0) is 0 Å². The van der Waals surface area contributed by atoms with Gasteiger partial charge in [0.15, 0.2) is 0 Å². The zero-order chi connectivity index (χ0) is 10.3. The van der Waals surface area contributed by atoms with E-state index in [1.54, 1.807) is 0 Å². The summed E-state index contributed by atoms with van der Waals surface area (Å²) in [6.07, 6.45) is 16.7. The first-order valence-corrected chi connectivity index (χ1v) is 5.63. The van der Waals surface area contributed by atoms with Crippen LogP contribution in [0, 0.1) is 5.41 Å². The number of hydrogen-bond acceptors (Lipinski definition) is 1. The van der Waals surface area contributed by atoms with Gasteiger partial charge < -0.3 is 0 Å². The minimum absolute atomic E-state index is 0.134. The van der Waals surface area contributed by atoms with Crippen LogP contribution in [0.15, 0.2) is 52.7 Å². The zero-order valence-electron chi connectivity index (χ0n) is 9.03. The molecule has 1 nitrogen and oxygen atoms in total. The predicted molar refractivity (Wildman–Crippen MR) is 63.8 cm³/mol. The molecule has 0 saturated carbocycles. The minimum Gasteiger partial charge on any atom is -0.253 e. The Kier molecular flexibility index (Phi) is 1.82. The summed E-state index contributed by atoms with van der Waals surface area (Å²) in [5.41, 5.74) is 4.01. The van der Waals surface area contributed by atoms with Crippen LogP contribution in [0.1, 0.15) is 26.2 Å². The van der Waals surface area contributed by atoms with Gasteiger partial charge in [0.25, 0.3) is 0 Å². The standard InChI is InChI=1S/C14H15N/c1-14-9-5-4-8-13(14)15-12-7-3-2-6-11(12)10-14/h4-9H,2-3,10H2,1H3/t14-/m0/s1. The van der Waals surface area contributed by atoms with Crippen molar-refractivity contribution >= 4 is 5.71 Å². The molecule has 0 aromatic rings. The van der Waals surface area contributed by atoms with Crippen LogP contribution in [0.5, 0.6) is 0 Å². The monoisotopic (exact) mass is 197 g/mol. The van der Waals surface area contributed by atoms with Crippen molar-refractivity contribution in [1.82, 2.24) is 0 Å². The van der Waals surface area contributed by atoms with Crippen molar-refractivity contribution in [3.8, 4) is 0 Å². The second-order valence-electron chi connectivity index (χ2n) is 4.71. The van der Waals surface area contributed by atoms with Gasteiger partial charge in [-0.05, 0) is 30.9 Å². The predicted octanol–water partition coefficient (Wildman–Crippen LogP) is 3.57. The first-order chi connectivity index (χ1) is 7.28. The minimum atomic E-state index is 0.134. The Bertz CT molecular complexity index is 446. The van der Waals surface area contributed by atoms with E-state index in [-0.39, 0.29) is 5.41 Å². The van der Waals surface area contributed by atoms with Crippen LogP contribution in [0.25, 0.3) is 0 Å². The van der Waals surface area contributed by atoms with Crippen LogP contribution < -0.4 is 0 Å². The maximum Gasteiger partial charge on any atom is 0.0622 e. The topological polar surface area (TPSA) is 12.4 Å². The molecule has 1 heteroatoms. The van der Waals surface area contributed by atoms with Crippen LogP contribution in [0.3, 0.4) is 0 Å². The molecule has 0 fully saturated rings. The van der Waals surface area contributed by atoms with Crippen molar-refractivity contribution in [1.29, 1.82) is 0 Å². The van der Waals surface area contributed by atoms with Crippen LogP contribution in [-0.4, -0.2) is 5.71 Å². The maximum atomic E-state index is 4.77. The molecule has 0 bridgehead atoms. The first-order valence-electron chi connectivity index (χ1n) is 5.63. The smallest absolute Gasteiger partial charge is 0.0622 e. The first kappa shape index (κ1) is 8.90. The molecule has 0 aromatic carbocycles. The molecular weight excluding hydrogens is 182 g/mol. The van der Waals surface area contributed by atoms with Gasteiger partial charge in [0, 0.05) is 5.41 Å². The summed E-state index contributed by atoms with van der Waals surface area (Å²) in [5, 5.41) is 0. The van der Waals surface area contributed by atoms with Gasteiger partial charge in [-0.3, -0.25) is 4.99 Å². The average Bonchev–Trinajstić information content (AvgIpc) is 2.25. The molecule has 0 N–H and O–H groups in total. The number of allylic oxidation sites excluding steroid dienone is 7. The van der Waals surface area contributed by atoms with E-state index in [4.69, 9.17) is 4.99 Å². The number of aliphatic imine (C=N–C) groups is 1. The number of nitrogens with zero attached hydrogens (tertiary/aromatic N) is 1. The third-order valence-electron chi connectivity index (χ3n) is 3.44. The second-order valence-corrected chi connectivity index (χ2v) is 4.71. The van der Waals surface area contributed by atoms with E-state index in [0.717, 1.165) is 12.8 Å². The quantitative estimate of drug-likeness (QED) is 0.563. The molecule has 0 aromatic heterocycles. The van der Waals surface area contributed by atoms with Crippen molar-refractivity contribution in [3.05, 3.63) is 47.7 Å². The Morgan fingerprint density at radius 2 is 2.07 bits per heavy atom. The second kappa shape index (κ2) is 3.06. The van der Waals surface area contributed by atoms with Crippen molar-refractivity contribution < 1.29 is 0 Å². The Hall–Kier alpha value is -1.37. The molecule has 2 aliphatic carbocycles. The summed E-state index contributed by atoms with van der Waals surface area (Å²) in [5.74, 6) is 0. The highest BCUT2D eigenvalue weighted by Gasteiger charge is 2.33. The Morgan fingerprint density at radius 3 is 3.00 bits per heavy atom. The van der Waals surface area contributed by atoms with Crippen LogP contribution >= 0.6 is 0 Å². The van der Waals surface area contributed by atoms with Gasteiger partial charge in [-0.1, -0.05) is 37.3 Å². The van der Waals surface area contributed by atoms with E-state index in [0.29, 0.717) is 0 Å². The molecule has 0 radical (unpaired) electrons. The molecule has 1 aliphatic heterocycles. The highest BCUT2D eigenvalue weighted by atomic mass is 14.8. The lowest BCUT2D eigenvalue weighted by atomic mass is 9.73. The van der Waals surface area contributed by atoms with Crippen LogP contribution in [0.2, 0.25) is 0 Å². The van der Waals surface area contributed by atoms with Gasteiger partial charge in [0.1, 0.15) is 0 Å². The fourth-order valence-electron chi connectivity index (χ4n) is 2.52. The van der Waals surface area contributed by atoms with E-state index in [9.17, 15) is 0 Å². The molecule has 3 rings (SSSR count). The fourth-order valence-corrected chi connectivity index (χ4v) is 2.52. The highest BCUT2D eigenvalue weighted by molar-refractivity contribution is 6.04. The lowest BCUT2D eigenvalue weighted by Crippen LogP contribution is -2.30. The summed E-state index contributed by atoms with van der Waals surface area (Å²) in [7, 11) is 0. The van der Waals surface area contributed by atoms with E-state index >= 15 is 0 Å². The third kappa shape index (κ3) is 1.34. The molecule has 0 unspecified atom stereocenters. The molecule has 0 saturated heterocycles. The summed E-state index contributed by atoms with van der Waals surface area (Å²) >= 11 is 0. The van der Waals surface area contributed by atoms with Crippen molar-refractivity contribution in [3.63, 3.8) is 0 Å². The fraction of sp³-hybridized carbons (Fsp3) is 0.357. The highest BCUT2D eigenvalue weighted by Crippen LogP contribution is 2.41. The van der Waals surface area contributed by atoms with Gasteiger partial charge in [-0.15, -0.1) is 0 Å². The van der Waals surface area contributed by atoms with Gasteiger partial charge in [-0.25, -0.2) is 0 Å². The normalized spacial score (nSPS) is 32.5. The maximum absolute atomic E-state index is 4.77. The van der Waals surface area contributed by atoms with E-state index in [2.05, 4.69) is 43.4 Å². The summed E-state index contributed by atoms with van der Waals surface area (Å²) in [4.78, 5) is 4.77. The molecule has 3 aliphatic rings. The van der Waals surface area contributed by atoms with Crippen molar-refractivity contribution in [2.45, 2.75) is 26.2 Å². The number of rotatable bonds is 0. The SMILES string of the molecule is C[C@@]12C=CC=CC1=NC1=CCCC=C1C2. The summed E-state index contributed by atoms with van der Waals surface area (Å²) in [6.45, 7) is 2.28. The zero-order valence-corrected chi connectivity index (χ0v) is 9.03. The van der Waals surface area contributed by atoms with Gasteiger partial charge in [0.2, 0.25) is 0 Å². The third-order valence-corrected chi connectivity index (χ3v) is 3.44. The largest absolute Gasteiger partial charge is 0.253 e. The molecular formula is C14H15N. The molecule has 1 heterocycles. The van der Waals surface area contributed by atoms with E-state index in [1.165, 1.54) is 23.4 Å². The summed E-state index contributed by atoms with van der Waals surface area (Å²) < 4.78 is 0. The average molecular weight is 197 g/mol. The van der Waals surface area contributed by atoms with Crippen molar-refractivity contribution in [2.24, 2.45) is 10.4 Å². The molecule has 0 amide bonds. The Morgan fingerprint density at radius 1 is 1.20 bits per heavy atom. The molecule has 0 spiro atoms. The summed E-state index contributed by atoms with van der Waals surface area (Å²) in [6, 6.07) is 0. The lowest BCUT2D eigenvalue weighted by Gasteiger charge is -2.34. The van der Waals surface area contributed by atoms with Gasteiger partial charge in [0.05, 0.1) is 11.4 Å². The lowest BCUT2D eigenvalue weighted by molar-refractivity contribution is 0.573. The Labute approximate surface area is 90.6 Å². The Balaban J connectivity index is 2.12. The van der Waals surface area contributed by atoms with E-state index < -0.39 is 0 Å². The molecule has 76 valence electrons. The van der Waals surface area contributed by atoms with Gasteiger partial charge >= 0.3 is 0 Å². The molecule has 1 atom stereocenters. The van der Waals surface area contributed by atoms with Crippen molar-refractivity contribution in [2.75, 3.05) is 0 Å². The number of hydrogen-bond donors (Lipinski definition) is 0.